The molecule has 1 aliphatic rings. The maximum absolute atomic E-state index is 12.7. The number of carbonyl (C=O) groups is 2. The van der Waals surface area contributed by atoms with E-state index in [1.807, 2.05) is 13.8 Å². The summed E-state index contributed by atoms with van der Waals surface area (Å²) in [6.45, 7) is 3.89. The first-order valence-electron chi connectivity index (χ1n) is 6.10. The summed E-state index contributed by atoms with van der Waals surface area (Å²) in [4.78, 5) is 25.4. The van der Waals surface area contributed by atoms with Crippen LogP contribution in [0.1, 0.15) is 43.0 Å². The highest BCUT2D eigenvalue weighted by molar-refractivity contribution is 9.11. The maximum Gasteiger partial charge on any atom is 0.195 e. The highest BCUT2D eigenvalue weighted by Gasteiger charge is 2.33. The van der Waals surface area contributed by atoms with Crippen molar-refractivity contribution in [3.05, 3.63) is 66.6 Å². The van der Waals surface area contributed by atoms with Crippen LogP contribution in [0.25, 0.3) is 0 Å². The van der Waals surface area contributed by atoms with Crippen molar-refractivity contribution in [3.63, 3.8) is 0 Å². The molecule has 20 heavy (non-hydrogen) atoms. The summed E-state index contributed by atoms with van der Waals surface area (Å²) in [5.41, 5.74) is 3.90. The molecule has 0 radical (unpaired) electrons. The number of carbonyl (C=O) groups excluding carboxylic acids is 2. The molecule has 0 fully saturated rings. The van der Waals surface area contributed by atoms with Gasteiger partial charge in [-0.2, -0.15) is 0 Å². The summed E-state index contributed by atoms with van der Waals surface area (Å²) in [6.07, 6.45) is 0. The Balaban J connectivity index is 2.40. The Morgan fingerprint density at radius 1 is 0.750 bits per heavy atom. The lowest BCUT2D eigenvalue weighted by atomic mass is 9.82. The zero-order valence-corrected chi connectivity index (χ0v) is 14.1. The van der Waals surface area contributed by atoms with E-state index in [4.69, 9.17) is 0 Å². The van der Waals surface area contributed by atoms with Crippen molar-refractivity contribution >= 4 is 43.4 Å². The summed E-state index contributed by atoms with van der Waals surface area (Å²) < 4.78 is 1.30. The van der Waals surface area contributed by atoms with E-state index < -0.39 is 0 Å². The lowest BCUT2D eigenvalue weighted by Crippen LogP contribution is -2.22. The van der Waals surface area contributed by atoms with E-state index in [-0.39, 0.29) is 11.6 Å². The predicted octanol–water partition coefficient (Wildman–Crippen LogP) is 4.60. The second-order valence-corrected chi connectivity index (χ2v) is 6.63. The van der Waals surface area contributed by atoms with Gasteiger partial charge in [0.25, 0.3) is 0 Å². The maximum atomic E-state index is 12.7. The fourth-order valence-electron chi connectivity index (χ4n) is 2.46. The Bertz CT molecular complexity index is 726. The highest BCUT2D eigenvalue weighted by atomic mass is 79.9. The van der Waals surface area contributed by atoms with Gasteiger partial charge in [0.2, 0.25) is 0 Å². The summed E-state index contributed by atoms with van der Waals surface area (Å²) in [5.74, 6) is -0.211. The standard InChI is InChI=1S/C16H10Br2O2/c1-7-5-9-10(6-8(7)2)16(20)14-12(18)4-3-11(17)13(14)15(9)19/h3-6H,1-2H3. The number of halogens is 2. The van der Waals surface area contributed by atoms with Crippen LogP contribution in [0.5, 0.6) is 0 Å². The fourth-order valence-corrected chi connectivity index (χ4v) is 3.48. The average Bonchev–Trinajstić information content (AvgIpc) is 2.41. The average molecular weight is 394 g/mol. The zero-order chi connectivity index (χ0) is 14.6. The van der Waals surface area contributed by atoms with Crippen molar-refractivity contribution in [2.45, 2.75) is 13.8 Å². The number of fused-ring (bicyclic) bond motifs is 2. The molecule has 0 aliphatic heterocycles. The van der Waals surface area contributed by atoms with Gasteiger partial charge >= 0.3 is 0 Å². The molecular weight excluding hydrogens is 384 g/mol. The first kappa shape index (κ1) is 13.7. The lowest BCUT2D eigenvalue weighted by molar-refractivity contribution is 0.0978. The largest absolute Gasteiger partial charge is 0.289 e. The molecular formula is C16H10Br2O2. The molecule has 100 valence electrons. The van der Waals surface area contributed by atoms with E-state index in [9.17, 15) is 9.59 Å². The SMILES string of the molecule is Cc1cc2c(cc1C)C(=O)c1c(Br)ccc(Br)c1C2=O. The van der Waals surface area contributed by atoms with Gasteiger partial charge in [0.1, 0.15) is 0 Å². The lowest BCUT2D eigenvalue weighted by Gasteiger charge is -2.21. The topological polar surface area (TPSA) is 34.1 Å². The molecule has 0 N–H and O–H groups in total. The van der Waals surface area contributed by atoms with Crippen LogP contribution in [-0.2, 0) is 0 Å². The molecule has 4 heteroatoms. The van der Waals surface area contributed by atoms with Gasteiger partial charge in [-0.3, -0.25) is 9.59 Å². The molecule has 0 aromatic heterocycles. The third-order valence-electron chi connectivity index (χ3n) is 3.68. The minimum absolute atomic E-state index is 0.106. The number of rotatable bonds is 0. The molecule has 0 spiro atoms. The summed E-state index contributed by atoms with van der Waals surface area (Å²) >= 11 is 6.75. The summed E-state index contributed by atoms with van der Waals surface area (Å²) in [5, 5.41) is 0. The van der Waals surface area contributed by atoms with E-state index in [0.29, 0.717) is 31.2 Å². The van der Waals surface area contributed by atoms with Crippen LogP contribution in [0.4, 0.5) is 0 Å². The Hall–Kier alpha value is -1.26. The Morgan fingerprint density at radius 2 is 1.10 bits per heavy atom. The van der Waals surface area contributed by atoms with E-state index in [1.54, 1.807) is 24.3 Å². The van der Waals surface area contributed by atoms with Crippen molar-refractivity contribution in [2.24, 2.45) is 0 Å². The van der Waals surface area contributed by atoms with Crippen LogP contribution in [0, 0.1) is 13.8 Å². The Morgan fingerprint density at radius 3 is 1.45 bits per heavy atom. The van der Waals surface area contributed by atoms with Crippen LogP contribution < -0.4 is 0 Å². The zero-order valence-electron chi connectivity index (χ0n) is 10.9. The van der Waals surface area contributed by atoms with Crippen molar-refractivity contribution in [1.82, 2.24) is 0 Å². The molecule has 0 heterocycles. The van der Waals surface area contributed by atoms with Gasteiger partial charge in [-0.1, -0.05) is 31.9 Å². The molecule has 2 nitrogen and oxygen atoms in total. The normalized spacial score (nSPS) is 13.2. The second-order valence-electron chi connectivity index (χ2n) is 4.92. The van der Waals surface area contributed by atoms with E-state index in [1.165, 1.54) is 0 Å². The molecule has 0 unspecified atom stereocenters. The quantitative estimate of drug-likeness (QED) is 0.559. The van der Waals surface area contributed by atoms with E-state index in [2.05, 4.69) is 31.9 Å². The number of ketones is 2. The molecule has 2 aromatic carbocycles. The van der Waals surface area contributed by atoms with Crippen LogP contribution in [0.3, 0.4) is 0 Å². The smallest absolute Gasteiger partial charge is 0.195 e. The molecule has 0 saturated heterocycles. The molecule has 0 atom stereocenters. The minimum Gasteiger partial charge on any atom is -0.289 e. The number of aryl methyl sites for hydroxylation is 2. The third-order valence-corrected chi connectivity index (χ3v) is 5.00. The minimum atomic E-state index is -0.106. The molecule has 0 bridgehead atoms. The summed E-state index contributed by atoms with van der Waals surface area (Å²) in [6, 6.07) is 7.17. The van der Waals surface area contributed by atoms with Crippen molar-refractivity contribution in [1.29, 1.82) is 0 Å². The van der Waals surface area contributed by atoms with Gasteiger partial charge in [-0.05, 0) is 49.2 Å². The first-order valence-corrected chi connectivity index (χ1v) is 7.69. The van der Waals surface area contributed by atoms with E-state index >= 15 is 0 Å². The highest BCUT2D eigenvalue weighted by Crippen LogP contribution is 2.36. The van der Waals surface area contributed by atoms with E-state index in [0.717, 1.165) is 11.1 Å². The number of benzene rings is 2. The van der Waals surface area contributed by atoms with Gasteiger partial charge in [0.15, 0.2) is 11.6 Å². The van der Waals surface area contributed by atoms with Crippen molar-refractivity contribution < 1.29 is 9.59 Å². The molecule has 0 amide bonds. The Labute approximate surface area is 133 Å². The van der Waals surface area contributed by atoms with Crippen LogP contribution in [-0.4, -0.2) is 11.6 Å². The monoisotopic (exact) mass is 392 g/mol. The molecule has 2 aromatic rings. The Kier molecular flexibility index (Phi) is 3.18. The third kappa shape index (κ3) is 1.82. The number of hydrogen-bond donors (Lipinski definition) is 0. The number of hydrogen-bond acceptors (Lipinski definition) is 2. The van der Waals surface area contributed by atoms with Crippen LogP contribution in [0.15, 0.2) is 33.2 Å². The van der Waals surface area contributed by atoms with Gasteiger partial charge in [0, 0.05) is 31.2 Å². The predicted molar refractivity (Wildman–Crippen MR) is 84.6 cm³/mol. The van der Waals surface area contributed by atoms with Crippen molar-refractivity contribution in [3.8, 4) is 0 Å². The summed E-state index contributed by atoms with van der Waals surface area (Å²) in [7, 11) is 0. The fraction of sp³-hybridized carbons (Fsp3) is 0.125. The molecule has 1 aliphatic carbocycles. The van der Waals surface area contributed by atoms with Gasteiger partial charge in [-0.15, -0.1) is 0 Å². The van der Waals surface area contributed by atoms with Gasteiger partial charge in [0.05, 0.1) is 0 Å². The van der Waals surface area contributed by atoms with Gasteiger partial charge in [-0.25, -0.2) is 0 Å². The molecule has 0 saturated carbocycles. The van der Waals surface area contributed by atoms with Crippen LogP contribution >= 0.6 is 31.9 Å². The second kappa shape index (κ2) is 4.64. The van der Waals surface area contributed by atoms with Crippen molar-refractivity contribution in [2.75, 3.05) is 0 Å². The van der Waals surface area contributed by atoms with Gasteiger partial charge < -0.3 is 0 Å². The molecule has 3 rings (SSSR count). The first-order chi connectivity index (χ1) is 9.41. The van der Waals surface area contributed by atoms with Crippen LogP contribution in [0.2, 0.25) is 0 Å².